The van der Waals surface area contributed by atoms with Crippen LogP contribution in [0.4, 0.5) is 5.69 Å². The van der Waals surface area contributed by atoms with Crippen molar-refractivity contribution >= 4 is 5.69 Å². The summed E-state index contributed by atoms with van der Waals surface area (Å²) in [6.45, 7) is 4.96. The normalized spacial score (nSPS) is 9.69. The number of hydrogen-bond donors (Lipinski definition) is 1. The monoisotopic (exact) mass is 182 g/mol. The van der Waals surface area contributed by atoms with Crippen LogP contribution in [0.1, 0.15) is 13.8 Å². The highest BCUT2D eigenvalue weighted by Crippen LogP contribution is 2.23. The smallest absolute Gasteiger partial charge is 0.215 e. The quantitative estimate of drug-likeness (QED) is 0.765. The van der Waals surface area contributed by atoms with E-state index in [1.807, 2.05) is 13.8 Å². The van der Waals surface area contributed by atoms with Gasteiger partial charge in [-0.2, -0.15) is 0 Å². The van der Waals surface area contributed by atoms with Crippen molar-refractivity contribution < 1.29 is 9.47 Å². The molecule has 0 atom stereocenters. The van der Waals surface area contributed by atoms with Crippen molar-refractivity contribution in [3.8, 4) is 11.6 Å². The number of anilines is 1. The van der Waals surface area contributed by atoms with Crippen molar-refractivity contribution in [1.82, 2.24) is 4.98 Å². The summed E-state index contributed by atoms with van der Waals surface area (Å²) in [5.41, 5.74) is 6.25. The Labute approximate surface area is 77.7 Å². The van der Waals surface area contributed by atoms with Crippen LogP contribution in [0.3, 0.4) is 0 Å². The third kappa shape index (κ3) is 2.50. The maximum atomic E-state index is 5.69. The van der Waals surface area contributed by atoms with E-state index in [4.69, 9.17) is 15.2 Å². The van der Waals surface area contributed by atoms with Gasteiger partial charge in [0.05, 0.1) is 25.1 Å². The minimum atomic E-state index is 0.531. The lowest BCUT2D eigenvalue weighted by atomic mass is 10.4. The van der Waals surface area contributed by atoms with Crippen molar-refractivity contribution in [1.29, 1.82) is 0 Å². The van der Waals surface area contributed by atoms with Gasteiger partial charge in [-0.3, -0.25) is 0 Å². The molecule has 0 aromatic carbocycles. The fraction of sp³-hybridized carbons (Fsp3) is 0.444. The fourth-order valence-corrected chi connectivity index (χ4v) is 0.941. The van der Waals surface area contributed by atoms with Crippen LogP contribution in [-0.2, 0) is 0 Å². The highest BCUT2D eigenvalue weighted by atomic mass is 16.5. The van der Waals surface area contributed by atoms with Gasteiger partial charge >= 0.3 is 0 Å². The average Bonchev–Trinajstić information content (AvgIpc) is 2.10. The van der Waals surface area contributed by atoms with Crippen molar-refractivity contribution in [2.24, 2.45) is 0 Å². The first-order valence-corrected chi connectivity index (χ1v) is 4.29. The summed E-state index contributed by atoms with van der Waals surface area (Å²) >= 11 is 0. The summed E-state index contributed by atoms with van der Waals surface area (Å²) < 4.78 is 10.4. The van der Waals surface area contributed by atoms with E-state index in [0.717, 1.165) is 0 Å². The Hall–Kier alpha value is -1.45. The van der Waals surface area contributed by atoms with Gasteiger partial charge in [-0.25, -0.2) is 4.98 Å². The van der Waals surface area contributed by atoms with Crippen LogP contribution in [0.25, 0.3) is 0 Å². The van der Waals surface area contributed by atoms with Gasteiger partial charge in [-0.15, -0.1) is 0 Å². The second-order valence-electron chi connectivity index (χ2n) is 2.43. The van der Waals surface area contributed by atoms with E-state index in [2.05, 4.69) is 4.98 Å². The lowest BCUT2D eigenvalue weighted by Crippen LogP contribution is -2.00. The van der Waals surface area contributed by atoms with Crippen LogP contribution < -0.4 is 15.2 Å². The third-order valence-electron chi connectivity index (χ3n) is 1.46. The second kappa shape index (κ2) is 4.54. The molecule has 1 heterocycles. The van der Waals surface area contributed by atoms with Gasteiger partial charge in [0.2, 0.25) is 5.88 Å². The van der Waals surface area contributed by atoms with Gasteiger partial charge in [0.15, 0.2) is 5.75 Å². The lowest BCUT2D eigenvalue weighted by molar-refractivity contribution is 0.319. The molecule has 0 bridgehead atoms. The van der Waals surface area contributed by atoms with E-state index < -0.39 is 0 Å². The first-order valence-electron chi connectivity index (χ1n) is 4.29. The van der Waals surface area contributed by atoms with E-state index in [1.165, 1.54) is 0 Å². The van der Waals surface area contributed by atoms with Gasteiger partial charge in [0, 0.05) is 6.07 Å². The highest BCUT2D eigenvalue weighted by molar-refractivity contribution is 5.53. The Bertz CT molecular complexity index is 276. The molecule has 0 saturated heterocycles. The number of nitrogen functional groups attached to an aromatic ring is 1. The maximum Gasteiger partial charge on any atom is 0.215 e. The molecule has 1 rings (SSSR count). The highest BCUT2D eigenvalue weighted by Gasteiger charge is 2.02. The predicted octanol–water partition coefficient (Wildman–Crippen LogP) is 1.46. The molecule has 72 valence electrons. The minimum absolute atomic E-state index is 0.531. The van der Waals surface area contributed by atoms with E-state index in [0.29, 0.717) is 30.5 Å². The standard InChI is InChI=1S/C9H14N2O2/c1-3-12-8-6-11-9(13-4-2)5-7(8)10/h5-6H,3-4H2,1-2H3,(H2,10,11). The van der Waals surface area contributed by atoms with E-state index in [1.54, 1.807) is 12.3 Å². The molecule has 0 aliphatic carbocycles. The minimum Gasteiger partial charge on any atom is -0.490 e. The van der Waals surface area contributed by atoms with Crippen LogP contribution in [0.5, 0.6) is 11.6 Å². The Kier molecular flexibility index (Phi) is 3.37. The van der Waals surface area contributed by atoms with Crippen molar-refractivity contribution in [3.63, 3.8) is 0 Å². The topological polar surface area (TPSA) is 57.4 Å². The van der Waals surface area contributed by atoms with E-state index in [-0.39, 0.29) is 0 Å². The summed E-state index contributed by atoms with van der Waals surface area (Å²) in [5, 5.41) is 0. The van der Waals surface area contributed by atoms with Crippen molar-refractivity contribution in [3.05, 3.63) is 12.3 Å². The zero-order chi connectivity index (χ0) is 9.68. The first-order chi connectivity index (χ1) is 6.27. The molecule has 0 aliphatic rings. The average molecular weight is 182 g/mol. The fourth-order valence-electron chi connectivity index (χ4n) is 0.941. The summed E-state index contributed by atoms with van der Waals surface area (Å²) in [6, 6.07) is 1.66. The molecule has 0 amide bonds. The second-order valence-corrected chi connectivity index (χ2v) is 2.43. The van der Waals surface area contributed by atoms with Gasteiger partial charge in [-0.05, 0) is 13.8 Å². The van der Waals surface area contributed by atoms with Crippen molar-refractivity contribution in [2.45, 2.75) is 13.8 Å². The Morgan fingerprint density at radius 3 is 2.54 bits per heavy atom. The molecule has 0 saturated carbocycles. The molecule has 0 fully saturated rings. The Balaban J connectivity index is 2.79. The van der Waals surface area contributed by atoms with Crippen LogP contribution in [0.15, 0.2) is 12.3 Å². The number of hydrogen-bond acceptors (Lipinski definition) is 4. The zero-order valence-corrected chi connectivity index (χ0v) is 7.91. The van der Waals surface area contributed by atoms with Crippen LogP contribution >= 0.6 is 0 Å². The molecular weight excluding hydrogens is 168 g/mol. The van der Waals surface area contributed by atoms with Crippen LogP contribution in [0.2, 0.25) is 0 Å². The number of aromatic nitrogens is 1. The van der Waals surface area contributed by atoms with E-state index >= 15 is 0 Å². The number of nitrogens with two attached hydrogens (primary N) is 1. The van der Waals surface area contributed by atoms with Gasteiger partial charge < -0.3 is 15.2 Å². The summed E-state index contributed by atoms with van der Waals surface area (Å²) in [7, 11) is 0. The molecule has 0 spiro atoms. The lowest BCUT2D eigenvalue weighted by Gasteiger charge is -2.07. The SMILES string of the molecule is CCOc1cc(N)c(OCC)cn1. The van der Waals surface area contributed by atoms with Gasteiger partial charge in [0.1, 0.15) is 0 Å². The molecule has 4 heteroatoms. The summed E-state index contributed by atoms with van der Waals surface area (Å²) in [5.74, 6) is 1.13. The largest absolute Gasteiger partial charge is 0.490 e. The maximum absolute atomic E-state index is 5.69. The predicted molar refractivity (Wildman–Crippen MR) is 51.0 cm³/mol. The molecule has 1 aromatic rings. The number of pyridine rings is 1. The molecule has 2 N–H and O–H groups in total. The summed E-state index contributed by atoms with van der Waals surface area (Å²) in [4.78, 5) is 4.02. The van der Waals surface area contributed by atoms with E-state index in [9.17, 15) is 0 Å². The zero-order valence-electron chi connectivity index (χ0n) is 7.91. The van der Waals surface area contributed by atoms with Gasteiger partial charge in [-0.1, -0.05) is 0 Å². The first kappa shape index (κ1) is 9.64. The molecule has 1 aromatic heterocycles. The number of nitrogens with zero attached hydrogens (tertiary/aromatic N) is 1. The molecule has 0 radical (unpaired) electrons. The summed E-state index contributed by atoms with van der Waals surface area (Å²) in [6.07, 6.45) is 1.57. The number of rotatable bonds is 4. The third-order valence-corrected chi connectivity index (χ3v) is 1.46. The number of ether oxygens (including phenoxy) is 2. The van der Waals surface area contributed by atoms with Crippen LogP contribution in [0, 0.1) is 0 Å². The molecule has 0 unspecified atom stereocenters. The van der Waals surface area contributed by atoms with Crippen molar-refractivity contribution in [2.75, 3.05) is 18.9 Å². The molecule has 0 aliphatic heterocycles. The molecule has 4 nitrogen and oxygen atoms in total. The Morgan fingerprint density at radius 1 is 1.31 bits per heavy atom. The van der Waals surface area contributed by atoms with Gasteiger partial charge in [0.25, 0.3) is 0 Å². The molecule has 13 heavy (non-hydrogen) atoms. The molecular formula is C9H14N2O2. The van der Waals surface area contributed by atoms with Crippen LogP contribution in [-0.4, -0.2) is 18.2 Å². The Morgan fingerprint density at radius 2 is 2.00 bits per heavy atom.